The number of likely N-dealkylation sites (N-methyl/N-ethyl adjacent to an activating group) is 1. The SMILES string of the molecule is CN/C=C(/c1cc2c(cc1C(F)F)N(C(NC)C1=C(NC3CC=[N+](C4CCNCC4)CC3)CCN(C(C)=O)C1)CCC2)C(N)I. The van der Waals surface area contributed by atoms with Crippen molar-refractivity contribution in [1.29, 1.82) is 0 Å². The zero-order valence-corrected chi connectivity index (χ0v) is 29.0. The molecule has 0 aromatic heterocycles. The lowest BCUT2D eigenvalue weighted by Gasteiger charge is -2.43. The third kappa shape index (κ3) is 7.82. The van der Waals surface area contributed by atoms with E-state index in [0.29, 0.717) is 36.3 Å². The number of piperidine rings is 1. The second kappa shape index (κ2) is 15.5. The van der Waals surface area contributed by atoms with E-state index in [1.165, 1.54) is 18.5 Å². The number of carbonyl (C=O) groups is 1. The number of alkyl halides is 3. The van der Waals surface area contributed by atoms with Crippen LogP contribution in [0.5, 0.6) is 0 Å². The van der Waals surface area contributed by atoms with Gasteiger partial charge in [-0.25, -0.2) is 13.4 Å². The quantitative estimate of drug-likeness (QED) is 0.109. The first-order valence-corrected chi connectivity index (χ1v) is 17.7. The minimum atomic E-state index is -2.65. The summed E-state index contributed by atoms with van der Waals surface area (Å²) < 4.78 is 31.4. The topological polar surface area (TPSA) is 101 Å². The summed E-state index contributed by atoms with van der Waals surface area (Å²) in [6, 6.07) is 4.54. The molecule has 0 spiro atoms. The highest BCUT2D eigenvalue weighted by atomic mass is 127. The van der Waals surface area contributed by atoms with Crippen LogP contribution in [-0.4, -0.2) is 97.3 Å². The lowest BCUT2D eigenvalue weighted by molar-refractivity contribution is -0.569. The van der Waals surface area contributed by atoms with Gasteiger partial charge in [0.05, 0.1) is 4.05 Å². The van der Waals surface area contributed by atoms with Gasteiger partial charge in [0, 0.05) is 119 Å². The highest BCUT2D eigenvalue weighted by molar-refractivity contribution is 14.1. The maximum Gasteiger partial charge on any atom is 0.264 e. The molecular formula is C33H50F2IN8O+. The van der Waals surface area contributed by atoms with Gasteiger partial charge in [0.2, 0.25) is 5.91 Å². The number of amides is 1. The van der Waals surface area contributed by atoms with Crippen molar-refractivity contribution in [2.24, 2.45) is 5.73 Å². The Morgan fingerprint density at radius 2 is 1.96 bits per heavy atom. The van der Waals surface area contributed by atoms with Gasteiger partial charge in [0.1, 0.15) is 18.9 Å². The van der Waals surface area contributed by atoms with Crippen LogP contribution in [0, 0.1) is 0 Å². The molecule has 4 heterocycles. The molecule has 4 aliphatic heterocycles. The largest absolute Gasteiger partial charge is 0.394 e. The number of nitrogens with one attached hydrogen (secondary N) is 4. The van der Waals surface area contributed by atoms with Crippen molar-refractivity contribution in [2.45, 2.75) is 80.6 Å². The number of anilines is 1. The molecule has 248 valence electrons. The van der Waals surface area contributed by atoms with Crippen molar-refractivity contribution in [3.8, 4) is 0 Å². The molecule has 12 heteroatoms. The molecule has 45 heavy (non-hydrogen) atoms. The van der Waals surface area contributed by atoms with E-state index < -0.39 is 10.5 Å². The maximum absolute atomic E-state index is 14.6. The molecule has 3 atom stereocenters. The van der Waals surface area contributed by atoms with Gasteiger partial charge in [-0.05, 0) is 43.1 Å². The number of benzene rings is 1. The minimum Gasteiger partial charge on any atom is -0.394 e. The molecular weight excluding hydrogens is 689 g/mol. The molecule has 1 fully saturated rings. The van der Waals surface area contributed by atoms with E-state index in [2.05, 4.69) is 59.5 Å². The molecule has 3 unspecified atom stereocenters. The molecule has 1 aromatic carbocycles. The molecule has 1 amide bonds. The van der Waals surface area contributed by atoms with Crippen LogP contribution in [0.2, 0.25) is 0 Å². The number of aryl methyl sites for hydroxylation is 1. The smallest absolute Gasteiger partial charge is 0.264 e. The predicted octanol–water partition coefficient (Wildman–Crippen LogP) is 3.30. The lowest BCUT2D eigenvalue weighted by Crippen LogP contribution is -2.53. The number of hydrogen-bond donors (Lipinski definition) is 5. The number of fused-ring (bicyclic) bond motifs is 1. The van der Waals surface area contributed by atoms with Crippen LogP contribution < -0.4 is 31.9 Å². The minimum absolute atomic E-state index is 0.0125. The molecule has 5 rings (SSSR count). The number of nitrogens with zero attached hydrogens (tertiary/aromatic N) is 3. The number of nitrogens with two attached hydrogens (primary N) is 1. The van der Waals surface area contributed by atoms with E-state index in [1.54, 1.807) is 26.2 Å². The maximum atomic E-state index is 14.6. The third-order valence-corrected chi connectivity index (χ3v) is 10.5. The monoisotopic (exact) mass is 739 g/mol. The predicted molar refractivity (Wildman–Crippen MR) is 186 cm³/mol. The highest BCUT2D eigenvalue weighted by Crippen LogP contribution is 2.40. The highest BCUT2D eigenvalue weighted by Gasteiger charge is 2.35. The van der Waals surface area contributed by atoms with Crippen molar-refractivity contribution in [3.63, 3.8) is 0 Å². The number of rotatable bonds is 10. The fraction of sp³-hybridized carbons (Fsp3) is 0.636. The summed E-state index contributed by atoms with van der Waals surface area (Å²) in [7, 11) is 3.68. The van der Waals surface area contributed by atoms with Gasteiger partial charge in [-0.1, -0.05) is 22.6 Å². The molecule has 1 saturated heterocycles. The van der Waals surface area contributed by atoms with Gasteiger partial charge in [-0.3, -0.25) is 10.1 Å². The van der Waals surface area contributed by atoms with Crippen molar-refractivity contribution in [1.82, 2.24) is 26.2 Å². The molecule has 0 radical (unpaired) electrons. The fourth-order valence-corrected chi connectivity index (χ4v) is 7.97. The van der Waals surface area contributed by atoms with Crippen LogP contribution in [0.25, 0.3) is 5.57 Å². The summed E-state index contributed by atoms with van der Waals surface area (Å²) in [6.45, 7) is 6.74. The Hall–Kier alpha value is -2.29. The van der Waals surface area contributed by atoms with Crippen LogP contribution in [0.4, 0.5) is 14.5 Å². The fourth-order valence-electron chi connectivity index (χ4n) is 7.45. The van der Waals surface area contributed by atoms with E-state index in [4.69, 9.17) is 5.73 Å². The first-order valence-electron chi connectivity index (χ1n) is 16.4. The summed E-state index contributed by atoms with van der Waals surface area (Å²) in [6.07, 6.45) is 8.08. The van der Waals surface area contributed by atoms with E-state index >= 15 is 0 Å². The summed E-state index contributed by atoms with van der Waals surface area (Å²) in [4.78, 5) is 16.7. The van der Waals surface area contributed by atoms with Gasteiger partial charge in [-0.15, -0.1) is 0 Å². The standard InChI is InChI=1S/C33H50F2IN8O/c1-21(45)43-16-10-29(41-23-8-14-42(15-9-23)24-6-11-40-12-7-24)28(20-43)33(39-3)44-13-4-5-22-17-25(27(19-38-2)32(36)37)26(31(34)35)18-30(22)44/h14,17-19,23-24,31-33,38-41H,4-13,15-16,20,37H2,1-3H3/q+1/b27-19-. The first kappa shape index (κ1) is 34.1. The second-order valence-corrected chi connectivity index (χ2v) is 14.0. The van der Waals surface area contributed by atoms with Crippen molar-refractivity contribution in [3.05, 3.63) is 46.3 Å². The molecule has 0 aliphatic carbocycles. The Morgan fingerprint density at radius 3 is 2.58 bits per heavy atom. The van der Waals surface area contributed by atoms with Gasteiger partial charge in [0.15, 0.2) is 6.04 Å². The lowest BCUT2D eigenvalue weighted by atomic mass is 9.90. The van der Waals surface area contributed by atoms with Gasteiger partial charge in [-0.2, -0.15) is 0 Å². The number of hydrogen-bond acceptors (Lipinski definition) is 7. The van der Waals surface area contributed by atoms with Gasteiger partial charge < -0.3 is 31.5 Å². The molecule has 4 aliphatic rings. The van der Waals surface area contributed by atoms with Gasteiger partial charge >= 0.3 is 0 Å². The van der Waals surface area contributed by atoms with Crippen LogP contribution in [0.1, 0.15) is 68.6 Å². The Kier molecular flexibility index (Phi) is 11.8. The first-order chi connectivity index (χ1) is 21.7. The van der Waals surface area contributed by atoms with Crippen LogP contribution >= 0.6 is 22.6 Å². The zero-order valence-electron chi connectivity index (χ0n) is 26.8. The van der Waals surface area contributed by atoms with E-state index in [9.17, 15) is 13.6 Å². The Balaban J connectivity index is 1.47. The Bertz CT molecular complexity index is 1310. The molecule has 0 bridgehead atoms. The zero-order chi connectivity index (χ0) is 32.1. The van der Waals surface area contributed by atoms with Crippen molar-refractivity contribution < 1.29 is 18.2 Å². The number of carbonyl (C=O) groups excluding carboxylic acids is 1. The van der Waals surface area contributed by atoms with Crippen LogP contribution in [0.15, 0.2) is 29.6 Å². The average molecular weight is 740 g/mol. The second-order valence-electron chi connectivity index (χ2n) is 12.6. The number of halogens is 3. The normalized spacial score (nSPS) is 23.1. The summed E-state index contributed by atoms with van der Waals surface area (Å²) in [5.74, 6) is 0.0488. The van der Waals surface area contributed by atoms with Crippen molar-refractivity contribution in [2.75, 3.05) is 58.3 Å². The van der Waals surface area contributed by atoms with Crippen LogP contribution in [-0.2, 0) is 11.2 Å². The summed E-state index contributed by atoms with van der Waals surface area (Å²) in [5.41, 5.74) is 11.5. The summed E-state index contributed by atoms with van der Waals surface area (Å²) in [5, 5.41) is 13.9. The van der Waals surface area contributed by atoms with E-state index in [1.807, 2.05) is 18.0 Å². The van der Waals surface area contributed by atoms with Crippen molar-refractivity contribution >= 4 is 46.0 Å². The van der Waals surface area contributed by atoms with Gasteiger partial charge in [0.25, 0.3) is 6.43 Å². The Labute approximate surface area is 280 Å². The molecule has 0 saturated carbocycles. The molecule has 1 aromatic rings. The molecule has 9 nitrogen and oxygen atoms in total. The average Bonchev–Trinajstić information content (AvgIpc) is 3.04. The van der Waals surface area contributed by atoms with Crippen LogP contribution in [0.3, 0.4) is 0 Å². The van der Waals surface area contributed by atoms with E-state index in [0.717, 1.165) is 75.1 Å². The summed E-state index contributed by atoms with van der Waals surface area (Å²) >= 11 is 2.07. The Morgan fingerprint density at radius 1 is 1.18 bits per heavy atom. The van der Waals surface area contributed by atoms with E-state index in [-0.39, 0.29) is 17.6 Å². The third-order valence-electron chi connectivity index (χ3n) is 9.81. The molecule has 6 N–H and O–H groups in total.